The molecule has 1 saturated carbocycles. The van der Waals surface area contributed by atoms with E-state index in [2.05, 4.69) is 0 Å². The van der Waals surface area contributed by atoms with E-state index >= 15 is 4.39 Å². The average molecular weight is 501 g/mol. The van der Waals surface area contributed by atoms with Gasteiger partial charge in [0.1, 0.15) is 18.0 Å². The number of aryl methyl sites for hydroxylation is 1. The molecule has 1 aliphatic carbocycles. The summed E-state index contributed by atoms with van der Waals surface area (Å²) in [6.07, 6.45) is -0.191. The highest BCUT2D eigenvalue weighted by atomic mass is 19.1. The number of aliphatic hydroxyl groups excluding tert-OH is 1. The summed E-state index contributed by atoms with van der Waals surface area (Å²) in [5.74, 6) is -0.653. The van der Waals surface area contributed by atoms with Gasteiger partial charge in [-0.3, -0.25) is 4.79 Å². The molecule has 2 aromatic rings. The van der Waals surface area contributed by atoms with Crippen molar-refractivity contribution in [1.82, 2.24) is 4.90 Å². The summed E-state index contributed by atoms with van der Waals surface area (Å²) in [6, 6.07) is 12.4. The van der Waals surface area contributed by atoms with Crippen LogP contribution in [0.25, 0.3) is 11.1 Å². The molecule has 196 valence electrons. The summed E-state index contributed by atoms with van der Waals surface area (Å²) in [6.45, 7) is 4.05. The normalized spacial score (nSPS) is 25.2. The fraction of sp³-hybridized carbons (Fsp3) is 0.536. The molecular formula is C28H37FN2O5. The van der Waals surface area contributed by atoms with Gasteiger partial charge in [0.2, 0.25) is 5.91 Å². The van der Waals surface area contributed by atoms with Crippen LogP contribution in [-0.2, 0) is 19.0 Å². The topological polar surface area (TPSA) is 94.3 Å². The molecule has 36 heavy (non-hydrogen) atoms. The molecule has 3 N–H and O–H groups in total. The molecule has 1 heterocycles. The van der Waals surface area contributed by atoms with E-state index in [1.807, 2.05) is 37.3 Å². The first-order valence-corrected chi connectivity index (χ1v) is 12.7. The fourth-order valence-electron chi connectivity index (χ4n) is 5.26. The van der Waals surface area contributed by atoms with Gasteiger partial charge in [0.25, 0.3) is 0 Å². The molecule has 2 aromatic carbocycles. The van der Waals surface area contributed by atoms with Gasteiger partial charge in [-0.15, -0.1) is 0 Å². The lowest BCUT2D eigenvalue weighted by atomic mass is 9.91. The Morgan fingerprint density at radius 2 is 2.06 bits per heavy atom. The first-order valence-electron chi connectivity index (χ1n) is 12.7. The van der Waals surface area contributed by atoms with Gasteiger partial charge in [-0.05, 0) is 43.4 Å². The maximum atomic E-state index is 15.3. The number of ether oxygens (including phenoxy) is 3. The third-order valence-electron chi connectivity index (χ3n) is 7.12. The maximum absolute atomic E-state index is 15.3. The Kier molecular flexibility index (Phi) is 9.09. The van der Waals surface area contributed by atoms with Gasteiger partial charge in [0.05, 0.1) is 12.7 Å². The van der Waals surface area contributed by atoms with Crippen LogP contribution in [0.4, 0.5) is 4.39 Å². The molecule has 8 heteroatoms. The van der Waals surface area contributed by atoms with Crippen molar-refractivity contribution in [3.05, 3.63) is 59.4 Å². The van der Waals surface area contributed by atoms with Gasteiger partial charge < -0.3 is 30.0 Å². The monoisotopic (exact) mass is 500 g/mol. The summed E-state index contributed by atoms with van der Waals surface area (Å²) < 4.78 is 33.0. The third-order valence-corrected chi connectivity index (χ3v) is 7.12. The quantitative estimate of drug-likeness (QED) is 0.514. The number of hydrogen-bond donors (Lipinski definition) is 2. The highest BCUT2D eigenvalue weighted by molar-refractivity contribution is 5.79. The number of halogens is 1. The number of nitrogens with zero attached hydrogens (tertiary/aromatic N) is 1. The lowest BCUT2D eigenvalue weighted by Crippen LogP contribution is -2.50. The second-order valence-electron chi connectivity index (χ2n) is 9.80. The number of carbonyl (C=O) groups is 1. The zero-order valence-electron chi connectivity index (χ0n) is 21.1. The molecule has 0 aromatic heterocycles. The summed E-state index contributed by atoms with van der Waals surface area (Å²) in [4.78, 5) is 15.0. The highest BCUT2D eigenvalue weighted by Gasteiger charge is 2.40. The van der Waals surface area contributed by atoms with Crippen molar-refractivity contribution in [1.29, 1.82) is 0 Å². The van der Waals surface area contributed by atoms with Crippen molar-refractivity contribution in [3.8, 4) is 11.1 Å². The van der Waals surface area contributed by atoms with Crippen LogP contribution in [0, 0.1) is 18.7 Å². The Morgan fingerprint density at radius 1 is 1.25 bits per heavy atom. The van der Waals surface area contributed by atoms with Gasteiger partial charge in [0.15, 0.2) is 0 Å². The molecule has 1 saturated heterocycles. The Hall–Kier alpha value is -2.36. The molecular weight excluding hydrogens is 463 g/mol. The number of carbonyl (C=O) groups excluding carboxylic acids is 1. The SMILES string of the molecule is COCCCO[C@@H](c1cccc(F)c1-c1cccc(C)c1)[C@H]1CN(C(=O)[C@H]2C[C@@H](N)[C@@H](O)C2)CCO1. The second kappa shape index (κ2) is 12.3. The van der Waals surface area contributed by atoms with Gasteiger partial charge in [0, 0.05) is 50.9 Å². The van der Waals surface area contributed by atoms with Crippen LogP contribution in [0.3, 0.4) is 0 Å². The van der Waals surface area contributed by atoms with Crippen LogP contribution in [-0.4, -0.2) is 74.2 Å². The number of amides is 1. The number of morpholine rings is 1. The minimum Gasteiger partial charge on any atom is -0.391 e. The summed E-state index contributed by atoms with van der Waals surface area (Å²) in [5, 5.41) is 10.0. The molecule has 4 rings (SSSR count). The average Bonchev–Trinajstić information content (AvgIpc) is 3.21. The predicted molar refractivity (Wildman–Crippen MR) is 135 cm³/mol. The van der Waals surface area contributed by atoms with Gasteiger partial charge in [-0.1, -0.05) is 42.0 Å². The molecule has 5 atom stereocenters. The van der Waals surface area contributed by atoms with E-state index in [1.54, 1.807) is 18.1 Å². The summed E-state index contributed by atoms with van der Waals surface area (Å²) in [5.41, 5.74) is 8.92. The minimum absolute atomic E-state index is 0.0217. The van der Waals surface area contributed by atoms with Crippen LogP contribution >= 0.6 is 0 Å². The van der Waals surface area contributed by atoms with E-state index in [1.165, 1.54) is 6.07 Å². The van der Waals surface area contributed by atoms with Crippen molar-refractivity contribution < 1.29 is 28.5 Å². The molecule has 7 nitrogen and oxygen atoms in total. The maximum Gasteiger partial charge on any atom is 0.226 e. The van der Waals surface area contributed by atoms with Crippen LogP contribution in [0.15, 0.2) is 42.5 Å². The Labute approximate surface area is 212 Å². The first-order chi connectivity index (χ1) is 17.4. The van der Waals surface area contributed by atoms with Crippen molar-refractivity contribution in [2.75, 3.05) is 40.0 Å². The van der Waals surface area contributed by atoms with E-state index in [-0.39, 0.29) is 23.7 Å². The number of nitrogens with two attached hydrogens (primary N) is 1. The number of rotatable bonds is 9. The standard InChI is InChI=1S/C28H37FN2O5/c1-18-6-3-7-19(14-18)26-21(8-4-9-22(26)29)27(36-12-5-11-34-2)25-17-31(10-13-35-25)28(33)20-15-23(30)24(32)16-20/h3-4,6-9,14,20,23-25,27,32H,5,10-13,15-17,30H2,1-2H3/t20-,23+,24-,25+,27-/m0/s1. The molecule has 1 amide bonds. The van der Waals surface area contributed by atoms with Gasteiger partial charge >= 0.3 is 0 Å². The van der Waals surface area contributed by atoms with Crippen molar-refractivity contribution >= 4 is 5.91 Å². The largest absolute Gasteiger partial charge is 0.391 e. The zero-order chi connectivity index (χ0) is 25.7. The van der Waals surface area contributed by atoms with Crippen molar-refractivity contribution in [3.63, 3.8) is 0 Å². The van der Waals surface area contributed by atoms with E-state index in [0.717, 1.165) is 11.1 Å². The number of hydrogen-bond acceptors (Lipinski definition) is 6. The van der Waals surface area contributed by atoms with Crippen LogP contribution in [0.2, 0.25) is 0 Å². The van der Waals surface area contributed by atoms with Crippen LogP contribution in [0.1, 0.15) is 36.5 Å². The first kappa shape index (κ1) is 26.7. The smallest absolute Gasteiger partial charge is 0.226 e. The third kappa shape index (κ3) is 6.12. The molecule has 0 bridgehead atoms. The van der Waals surface area contributed by atoms with E-state index in [9.17, 15) is 9.90 Å². The Bertz CT molecular complexity index is 1020. The molecule has 0 unspecified atom stereocenters. The van der Waals surface area contributed by atoms with Crippen LogP contribution in [0.5, 0.6) is 0 Å². The molecule has 0 radical (unpaired) electrons. The van der Waals surface area contributed by atoms with E-state index in [4.69, 9.17) is 19.9 Å². The van der Waals surface area contributed by atoms with Gasteiger partial charge in [-0.25, -0.2) is 4.39 Å². The number of methoxy groups -OCH3 is 1. The van der Waals surface area contributed by atoms with Crippen molar-refractivity contribution in [2.45, 2.75) is 50.5 Å². The Morgan fingerprint density at radius 3 is 2.78 bits per heavy atom. The minimum atomic E-state index is -0.656. The lowest BCUT2D eigenvalue weighted by Gasteiger charge is -2.38. The van der Waals surface area contributed by atoms with Gasteiger partial charge in [-0.2, -0.15) is 0 Å². The Balaban J connectivity index is 1.62. The predicted octanol–water partition coefficient (Wildman–Crippen LogP) is 3.22. The molecule has 2 aliphatic rings. The number of benzene rings is 2. The van der Waals surface area contributed by atoms with E-state index in [0.29, 0.717) is 63.3 Å². The molecule has 0 spiro atoms. The van der Waals surface area contributed by atoms with Crippen LogP contribution < -0.4 is 5.73 Å². The fourth-order valence-corrected chi connectivity index (χ4v) is 5.26. The highest BCUT2D eigenvalue weighted by Crippen LogP contribution is 2.37. The van der Waals surface area contributed by atoms with E-state index < -0.39 is 18.3 Å². The zero-order valence-corrected chi connectivity index (χ0v) is 21.1. The molecule has 2 fully saturated rings. The molecule has 1 aliphatic heterocycles. The summed E-state index contributed by atoms with van der Waals surface area (Å²) in [7, 11) is 1.64. The van der Waals surface area contributed by atoms with Crippen molar-refractivity contribution in [2.24, 2.45) is 11.7 Å². The lowest BCUT2D eigenvalue weighted by molar-refractivity contribution is -0.152. The summed E-state index contributed by atoms with van der Waals surface area (Å²) >= 11 is 0. The second-order valence-corrected chi connectivity index (χ2v) is 9.80. The number of aliphatic hydroxyl groups is 1.